The number of aliphatic hydroxyl groups excluding tert-OH is 1. The van der Waals surface area contributed by atoms with Gasteiger partial charge >= 0.3 is 0 Å². The van der Waals surface area contributed by atoms with Crippen LogP contribution in [0.4, 0.5) is 0 Å². The number of H-pyrrole nitrogens is 1. The smallest absolute Gasteiger partial charge is 0.248 e. The number of aromatic amines is 1. The maximum atomic E-state index is 12.1. The summed E-state index contributed by atoms with van der Waals surface area (Å²) in [7, 11) is 0. The van der Waals surface area contributed by atoms with Crippen molar-refractivity contribution in [3.8, 4) is 5.75 Å². The first kappa shape index (κ1) is 23.3. The highest BCUT2D eigenvalue weighted by atomic mass is 16.5. The molecule has 0 spiro atoms. The van der Waals surface area contributed by atoms with Gasteiger partial charge in [0.25, 0.3) is 0 Å². The highest BCUT2D eigenvalue weighted by Gasteiger charge is 2.23. The third kappa shape index (κ3) is 5.02. The Hall–Kier alpha value is -3.41. The number of aliphatic hydroxyl groups is 1. The summed E-state index contributed by atoms with van der Waals surface area (Å²) in [5.74, 6) is 0.596. The summed E-state index contributed by atoms with van der Waals surface area (Å²) in [5.41, 5.74) is 7.85. The van der Waals surface area contributed by atoms with E-state index in [4.69, 9.17) is 4.74 Å². The minimum atomic E-state index is -0.705. The van der Waals surface area contributed by atoms with E-state index < -0.39 is 6.10 Å². The number of nitrogens with one attached hydrogen (secondary N) is 2. The normalized spacial score (nSPS) is 15.8. The van der Waals surface area contributed by atoms with E-state index in [2.05, 4.69) is 36.3 Å². The maximum Gasteiger partial charge on any atom is 0.248 e. The van der Waals surface area contributed by atoms with Crippen LogP contribution in [0.3, 0.4) is 0 Å². The van der Waals surface area contributed by atoms with Crippen LogP contribution in [0.15, 0.2) is 71.5 Å². The van der Waals surface area contributed by atoms with Gasteiger partial charge in [-0.2, -0.15) is 0 Å². The van der Waals surface area contributed by atoms with E-state index in [0.717, 1.165) is 35.8 Å². The van der Waals surface area contributed by atoms with Crippen molar-refractivity contribution in [2.45, 2.75) is 51.9 Å². The number of hydrogen-bond donors (Lipinski definition) is 3. The summed E-state index contributed by atoms with van der Waals surface area (Å²) in [6.45, 7) is 5.23. The molecule has 4 aromatic rings. The zero-order valence-electron chi connectivity index (χ0n) is 20.3. The zero-order chi connectivity index (χ0) is 24.4. The predicted octanol–water partition coefficient (Wildman–Crippen LogP) is 4.77. The van der Waals surface area contributed by atoms with Crippen LogP contribution in [0.2, 0.25) is 0 Å². The van der Waals surface area contributed by atoms with Crippen LogP contribution in [0.25, 0.3) is 10.9 Å². The number of hydrogen-bond acceptors (Lipinski definition) is 4. The topological polar surface area (TPSA) is 74.3 Å². The number of aromatic nitrogens is 1. The zero-order valence-corrected chi connectivity index (χ0v) is 20.3. The molecule has 0 bridgehead atoms. The van der Waals surface area contributed by atoms with Gasteiger partial charge in [-0.05, 0) is 71.7 Å². The van der Waals surface area contributed by atoms with Crippen LogP contribution < -0.4 is 15.6 Å². The van der Waals surface area contributed by atoms with Crippen molar-refractivity contribution in [1.82, 2.24) is 10.3 Å². The van der Waals surface area contributed by atoms with Crippen molar-refractivity contribution in [3.63, 3.8) is 0 Å². The molecule has 0 saturated heterocycles. The van der Waals surface area contributed by atoms with Crippen molar-refractivity contribution in [2.24, 2.45) is 0 Å². The van der Waals surface area contributed by atoms with Crippen molar-refractivity contribution in [3.05, 3.63) is 110 Å². The Balaban J connectivity index is 1.31. The van der Waals surface area contributed by atoms with Gasteiger partial charge in [0, 0.05) is 24.0 Å². The van der Waals surface area contributed by atoms with Crippen molar-refractivity contribution < 1.29 is 9.84 Å². The SMILES string of the molecule is CCc1cc2c(cc1C)CC(NCC(O)c1ccc(OCc3ccccc3)c3[nH]c(=O)ccc13)C2. The van der Waals surface area contributed by atoms with E-state index >= 15 is 0 Å². The molecule has 3 aromatic carbocycles. The largest absolute Gasteiger partial charge is 0.487 e. The summed E-state index contributed by atoms with van der Waals surface area (Å²) >= 11 is 0. The Morgan fingerprint density at radius 3 is 2.60 bits per heavy atom. The molecule has 0 fully saturated rings. The van der Waals surface area contributed by atoms with Crippen LogP contribution in [0, 0.1) is 6.92 Å². The standard InChI is InChI=1S/C30H32N2O3/c1-3-21-14-23-16-24(15-22(23)13-19(21)2)31-17-27(33)25-9-11-28(30-26(25)10-12-29(34)32-30)35-18-20-7-5-4-6-8-20/h4-14,24,27,31,33H,3,15-18H2,1-2H3,(H,32,34). The van der Waals surface area contributed by atoms with E-state index in [1.54, 1.807) is 6.07 Å². The Bertz CT molecular complexity index is 1390. The first-order valence-corrected chi connectivity index (χ1v) is 12.4. The van der Waals surface area contributed by atoms with E-state index in [-0.39, 0.29) is 5.56 Å². The second kappa shape index (κ2) is 10.1. The van der Waals surface area contributed by atoms with Crippen LogP contribution in [-0.4, -0.2) is 22.7 Å². The Kier molecular flexibility index (Phi) is 6.71. The fourth-order valence-corrected chi connectivity index (χ4v) is 5.15. The summed E-state index contributed by atoms with van der Waals surface area (Å²) < 4.78 is 6.03. The third-order valence-electron chi connectivity index (χ3n) is 7.06. The quantitative estimate of drug-likeness (QED) is 0.348. The van der Waals surface area contributed by atoms with E-state index in [1.165, 1.54) is 28.3 Å². The number of pyridine rings is 1. The lowest BCUT2D eigenvalue weighted by atomic mass is 9.99. The molecule has 1 aliphatic rings. The highest BCUT2D eigenvalue weighted by Crippen LogP contribution is 2.31. The van der Waals surface area contributed by atoms with Gasteiger partial charge in [-0.15, -0.1) is 0 Å². The molecule has 2 atom stereocenters. The lowest BCUT2D eigenvalue weighted by molar-refractivity contribution is 0.171. The highest BCUT2D eigenvalue weighted by molar-refractivity contribution is 5.87. The minimum Gasteiger partial charge on any atom is -0.487 e. The number of ether oxygens (including phenoxy) is 1. The summed E-state index contributed by atoms with van der Waals surface area (Å²) in [4.78, 5) is 15.0. The molecular formula is C30H32N2O3. The predicted molar refractivity (Wildman–Crippen MR) is 140 cm³/mol. The van der Waals surface area contributed by atoms with E-state index in [9.17, 15) is 9.90 Å². The fourth-order valence-electron chi connectivity index (χ4n) is 5.15. The van der Waals surface area contributed by atoms with Crippen LogP contribution in [0.5, 0.6) is 5.75 Å². The van der Waals surface area contributed by atoms with E-state index in [0.29, 0.717) is 30.5 Å². The molecule has 180 valence electrons. The van der Waals surface area contributed by atoms with Crippen LogP contribution in [0.1, 0.15) is 46.4 Å². The van der Waals surface area contributed by atoms with Gasteiger partial charge in [0.05, 0.1) is 11.6 Å². The molecule has 5 nitrogen and oxygen atoms in total. The molecule has 0 saturated carbocycles. The molecule has 3 N–H and O–H groups in total. The van der Waals surface area contributed by atoms with Gasteiger partial charge in [0.2, 0.25) is 5.56 Å². The lowest BCUT2D eigenvalue weighted by Gasteiger charge is -2.19. The Morgan fingerprint density at radius 2 is 1.83 bits per heavy atom. The number of benzene rings is 3. The molecule has 0 aliphatic heterocycles. The van der Waals surface area contributed by atoms with Crippen LogP contribution in [-0.2, 0) is 25.9 Å². The summed E-state index contributed by atoms with van der Waals surface area (Å²) in [6.07, 6.45) is 2.31. The summed E-state index contributed by atoms with van der Waals surface area (Å²) in [5, 5.41) is 15.5. The molecule has 35 heavy (non-hydrogen) atoms. The molecular weight excluding hydrogens is 436 g/mol. The molecule has 0 amide bonds. The van der Waals surface area contributed by atoms with Gasteiger partial charge in [-0.25, -0.2) is 0 Å². The van der Waals surface area contributed by atoms with Crippen molar-refractivity contribution in [2.75, 3.05) is 6.54 Å². The van der Waals surface area contributed by atoms with Crippen molar-refractivity contribution in [1.29, 1.82) is 0 Å². The minimum absolute atomic E-state index is 0.197. The molecule has 5 heteroatoms. The monoisotopic (exact) mass is 468 g/mol. The number of aryl methyl sites for hydroxylation is 2. The lowest BCUT2D eigenvalue weighted by Crippen LogP contribution is -2.33. The van der Waals surface area contributed by atoms with E-state index in [1.807, 2.05) is 42.5 Å². The molecule has 0 radical (unpaired) electrons. The van der Waals surface area contributed by atoms with Gasteiger partial charge in [0.1, 0.15) is 12.4 Å². The molecule has 1 aliphatic carbocycles. The van der Waals surface area contributed by atoms with Gasteiger partial charge in [0.15, 0.2) is 0 Å². The number of rotatable bonds is 8. The van der Waals surface area contributed by atoms with Crippen LogP contribution >= 0.6 is 0 Å². The maximum absolute atomic E-state index is 12.1. The average molecular weight is 469 g/mol. The first-order valence-electron chi connectivity index (χ1n) is 12.4. The Labute approximate surface area is 205 Å². The molecule has 1 aromatic heterocycles. The molecule has 5 rings (SSSR count). The molecule has 1 heterocycles. The Morgan fingerprint density at radius 1 is 1.06 bits per heavy atom. The first-order chi connectivity index (χ1) is 17.0. The number of fused-ring (bicyclic) bond motifs is 2. The average Bonchev–Trinajstić information content (AvgIpc) is 3.27. The molecule has 2 unspecified atom stereocenters. The second-order valence-corrected chi connectivity index (χ2v) is 9.47. The van der Waals surface area contributed by atoms with Crippen molar-refractivity contribution >= 4 is 10.9 Å². The third-order valence-corrected chi connectivity index (χ3v) is 7.06. The van der Waals surface area contributed by atoms with Gasteiger partial charge < -0.3 is 20.1 Å². The fraction of sp³-hybridized carbons (Fsp3) is 0.300. The summed E-state index contributed by atoms with van der Waals surface area (Å²) in [6, 6.07) is 21.9. The second-order valence-electron chi connectivity index (χ2n) is 9.47. The van der Waals surface area contributed by atoms with Gasteiger partial charge in [-0.1, -0.05) is 55.5 Å². The van der Waals surface area contributed by atoms with Gasteiger partial charge in [-0.3, -0.25) is 4.79 Å².